The number of nitrogens with one attached hydrogen (secondary N) is 2. The molecule has 1 saturated carbocycles. The molecule has 2 rings (SSSR count). The monoisotopic (exact) mass is 323 g/mol. The van der Waals surface area contributed by atoms with E-state index in [0.29, 0.717) is 12.0 Å². The van der Waals surface area contributed by atoms with E-state index < -0.39 is 0 Å². The summed E-state index contributed by atoms with van der Waals surface area (Å²) >= 11 is 1.67. The molecule has 0 spiro atoms. The summed E-state index contributed by atoms with van der Waals surface area (Å²) < 4.78 is 0. The van der Waals surface area contributed by atoms with Crippen LogP contribution in [0.1, 0.15) is 44.7 Å². The largest absolute Gasteiger partial charge is 0.356 e. The van der Waals surface area contributed by atoms with Gasteiger partial charge in [0.15, 0.2) is 11.1 Å². The molecule has 1 heterocycles. The lowest BCUT2D eigenvalue weighted by atomic mass is 9.83. The number of thiazole rings is 1. The number of aliphatic imine (C=N–C) groups is 1. The van der Waals surface area contributed by atoms with Gasteiger partial charge in [0.05, 0.1) is 12.2 Å². The van der Waals surface area contributed by atoms with Gasteiger partial charge in [-0.25, -0.2) is 4.98 Å². The lowest BCUT2D eigenvalue weighted by molar-refractivity contribution is 0.283. The molecule has 0 unspecified atom stereocenters. The van der Waals surface area contributed by atoms with E-state index >= 15 is 0 Å². The predicted molar refractivity (Wildman–Crippen MR) is 95.8 cm³/mol. The van der Waals surface area contributed by atoms with Crippen LogP contribution >= 0.6 is 11.3 Å². The standard InChI is InChI=1S/C16H29N5S/c1-5-16(8-6-7-9-16)12-19-14(17-2)18-10-13-11-22-15(20-13)21(3)4/h11H,5-10,12H2,1-4H3,(H2,17,18,19). The second kappa shape index (κ2) is 7.81. The van der Waals surface area contributed by atoms with Crippen LogP contribution in [0.3, 0.4) is 0 Å². The molecule has 0 amide bonds. The molecule has 5 nitrogen and oxygen atoms in total. The molecule has 0 saturated heterocycles. The van der Waals surface area contributed by atoms with Gasteiger partial charge in [-0.1, -0.05) is 19.8 Å². The maximum atomic E-state index is 4.58. The van der Waals surface area contributed by atoms with Gasteiger partial charge in [0, 0.05) is 33.1 Å². The second-order valence-electron chi connectivity index (χ2n) is 6.36. The van der Waals surface area contributed by atoms with Gasteiger partial charge in [-0.05, 0) is 24.7 Å². The van der Waals surface area contributed by atoms with Crippen molar-refractivity contribution in [1.29, 1.82) is 0 Å². The van der Waals surface area contributed by atoms with Crippen molar-refractivity contribution in [3.8, 4) is 0 Å². The van der Waals surface area contributed by atoms with Crippen LogP contribution in [0.5, 0.6) is 0 Å². The number of aromatic nitrogens is 1. The highest BCUT2D eigenvalue weighted by Gasteiger charge is 2.31. The van der Waals surface area contributed by atoms with Crippen LogP contribution in [0.15, 0.2) is 10.4 Å². The number of anilines is 1. The molecular formula is C16H29N5S. The predicted octanol–water partition coefficient (Wildman–Crippen LogP) is 2.84. The van der Waals surface area contributed by atoms with Crippen LogP contribution in [0, 0.1) is 5.41 Å². The summed E-state index contributed by atoms with van der Waals surface area (Å²) in [5.74, 6) is 0.874. The summed E-state index contributed by atoms with van der Waals surface area (Å²) in [5, 5.41) is 10.0. The molecule has 0 atom stereocenters. The first kappa shape index (κ1) is 17.1. The van der Waals surface area contributed by atoms with E-state index in [9.17, 15) is 0 Å². The smallest absolute Gasteiger partial charge is 0.191 e. The molecular weight excluding hydrogens is 294 g/mol. The summed E-state index contributed by atoms with van der Waals surface area (Å²) in [7, 11) is 5.86. The van der Waals surface area contributed by atoms with Crippen LogP contribution in [0.4, 0.5) is 5.13 Å². The number of nitrogens with zero attached hydrogens (tertiary/aromatic N) is 3. The Balaban J connectivity index is 1.82. The first-order valence-electron chi connectivity index (χ1n) is 8.15. The van der Waals surface area contributed by atoms with Crippen LogP contribution < -0.4 is 15.5 Å². The zero-order valence-electron chi connectivity index (χ0n) is 14.3. The highest BCUT2D eigenvalue weighted by molar-refractivity contribution is 7.13. The van der Waals surface area contributed by atoms with Gasteiger partial charge < -0.3 is 15.5 Å². The molecule has 0 bridgehead atoms. The molecule has 1 aromatic heterocycles. The van der Waals surface area contributed by atoms with E-state index in [1.807, 2.05) is 26.0 Å². The maximum Gasteiger partial charge on any atom is 0.191 e. The van der Waals surface area contributed by atoms with Crippen molar-refractivity contribution in [2.45, 2.75) is 45.6 Å². The van der Waals surface area contributed by atoms with Gasteiger partial charge in [0.25, 0.3) is 0 Å². The Morgan fingerprint density at radius 3 is 2.64 bits per heavy atom. The minimum absolute atomic E-state index is 0.469. The minimum atomic E-state index is 0.469. The molecule has 6 heteroatoms. The maximum absolute atomic E-state index is 4.58. The van der Waals surface area contributed by atoms with Crippen molar-refractivity contribution in [2.75, 3.05) is 32.6 Å². The number of hydrogen-bond acceptors (Lipinski definition) is 4. The van der Waals surface area contributed by atoms with E-state index in [1.165, 1.54) is 32.1 Å². The van der Waals surface area contributed by atoms with Crippen LogP contribution in [0.2, 0.25) is 0 Å². The SMILES string of the molecule is CCC1(CNC(=NC)NCc2csc(N(C)C)n2)CCCC1. The fourth-order valence-electron chi connectivity index (χ4n) is 3.03. The van der Waals surface area contributed by atoms with E-state index in [4.69, 9.17) is 0 Å². The van der Waals surface area contributed by atoms with Gasteiger partial charge >= 0.3 is 0 Å². The molecule has 124 valence electrons. The molecule has 22 heavy (non-hydrogen) atoms. The van der Waals surface area contributed by atoms with Crippen molar-refractivity contribution in [1.82, 2.24) is 15.6 Å². The molecule has 0 aliphatic heterocycles. The molecule has 0 aromatic carbocycles. The molecule has 1 fully saturated rings. The Hall–Kier alpha value is -1.30. The zero-order valence-corrected chi connectivity index (χ0v) is 15.1. The van der Waals surface area contributed by atoms with Crippen molar-refractivity contribution < 1.29 is 0 Å². The van der Waals surface area contributed by atoms with Crippen LogP contribution in [-0.2, 0) is 6.54 Å². The topological polar surface area (TPSA) is 52.6 Å². The third-order valence-corrected chi connectivity index (χ3v) is 5.68. The van der Waals surface area contributed by atoms with Gasteiger partial charge in [-0.2, -0.15) is 0 Å². The number of hydrogen-bond donors (Lipinski definition) is 2. The Labute approximate surface area is 138 Å². The van der Waals surface area contributed by atoms with E-state index in [0.717, 1.165) is 23.3 Å². The quantitative estimate of drug-likeness (QED) is 0.624. The average molecular weight is 324 g/mol. The zero-order chi connectivity index (χ0) is 16.0. The minimum Gasteiger partial charge on any atom is -0.356 e. The van der Waals surface area contributed by atoms with Gasteiger partial charge in [-0.15, -0.1) is 11.3 Å². The molecule has 2 N–H and O–H groups in total. The van der Waals surface area contributed by atoms with Crippen molar-refractivity contribution in [2.24, 2.45) is 10.4 Å². The fraction of sp³-hybridized carbons (Fsp3) is 0.750. The molecule has 1 aromatic rings. The van der Waals surface area contributed by atoms with E-state index in [-0.39, 0.29) is 0 Å². The second-order valence-corrected chi connectivity index (χ2v) is 7.19. The van der Waals surface area contributed by atoms with Crippen molar-refractivity contribution in [3.63, 3.8) is 0 Å². The van der Waals surface area contributed by atoms with Gasteiger partial charge in [-0.3, -0.25) is 4.99 Å². The van der Waals surface area contributed by atoms with Crippen LogP contribution in [-0.4, -0.2) is 38.6 Å². The van der Waals surface area contributed by atoms with E-state index in [1.54, 1.807) is 11.3 Å². The third-order valence-electron chi connectivity index (χ3n) is 4.63. The lowest BCUT2D eigenvalue weighted by Gasteiger charge is -2.28. The van der Waals surface area contributed by atoms with Gasteiger partial charge in [0.2, 0.25) is 0 Å². The summed E-state index contributed by atoms with van der Waals surface area (Å²) in [5.41, 5.74) is 1.53. The highest BCUT2D eigenvalue weighted by Crippen LogP contribution is 2.40. The Bertz CT molecular complexity index is 488. The van der Waals surface area contributed by atoms with Crippen LogP contribution in [0.25, 0.3) is 0 Å². The molecule has 1 aliphatic carbocycles. The normalized spacial score (nSPS) is 17.5. The van der Waals surface area contributed by atoms with Gasteiger partial charge in [0.1, 0.15) is 0 Å². The summed E-state index contributed by atoms with van der Waals surface area (Å²) in [6, 6.07) is 0. The Kier molecular flexibility index (Phi) is 6.06. The Morgan fingerprint density at radius 2 is 2.09 bits per heavy atom. The summed E-state index contributed by atoms with van der Waals surface area (Å²) in [6.07, 6.45) is 6.66. The van der Waals surface area contributed by atoms with Crippen molar-refractivity contribution >= 4 is 22.4 Å². The van der Waals surface area contributed by atoms with Crippen molar-refractivity contribution in [3.05, 3.63) is 11.1 Å². The number of guanidine groups is 1. The number of rotatable bonds is 6. The summed E-state index contributed by atoms with van der Waals surface area (Å²) in [6.45, 7) is 4.04. The fourth-order valence-corrected chi connectivity index (χ4v) is 3.79. The molecule has 1 aliphatic rings. The first-order chi connectivity index (χ1) is 10.6. The highest BCUT2D eigenvalue weighted by atomic mass is 32.1. The molecule has 0 radical (unpaired) electrons. The average Bonchev–Trinajstić information content (AvgIpc) is 3.17. The Morgan fingerprint density at radius 1 is 1.36 bits per heavy atom. The van der Waals surface area contributed by atoms with E-state index in [2.05, 4.69) is 32.9 Å². The lowest BCUT2D eigenvalue weighted by Crippen LogP contribution is -2.42. The third kappa shape index (κ3) is 4.35. The first-order valence-corrected chi connectivity index (χ1v) is 9.03. The summed E-state index contributed by atoms with van der Waals surface area (Å²) in [4.78, 5) is 10.9.